The summed E-state index contributed by atoms with van der Waals surface area (Å²) in [5, 5.41) is 11.5. The average molecular weight is 494 g/mol. The van der Waals surface area contributed by atoms with Crippen molar-refractivity contribution in [1.82, 2.24) is 19.5 Å². The number of aliphatic hydroxyl groups is 1. The third-order valence-corrected chi connectivity index (χ3v) is 17.4. The van der Waals surface area contributed by atoms with Crippen LogP contribution in [0.5, 0.6) is 0 Å². The van der Waals surface area contributed by atoms with Crippen LogP contribution in [0.25, 0.3) is 11.2 Å². The molecule has 0 amide bonds. The molecule has 0 aliphatic heterocycles. The summed E-state index contributed by atoms with van der Waals surface area (Å²) in [6.07, 6.45) is 2.59. The van der Waals surface area contributed by atoms with E-state index in [9.17, 15) is 5.11 Å². The van der Waals surface area contributed by atoms with Crippen LogP contribution in [0.15, 0.2) is 12.7 Å². The van der Waals surface area contributed by atoms with Crippen molar-refractivity contribution in [2.75, 3.05) is 18.9 Å². The van der Waals surface area contributed by atoms with Crippen molar-refractivity contribution < 1.29 is 14.0 Å². The molecule has 0 unspecified atom stereocenters. The van der Waals surface area contributed by atoms with Crippen LogP contribution in [-0.2, 0) is 8.85 Å². The molecule has 3 N–H and O–H groups in total. The van der Waals surface area contributed by atoms with Crippen molar-refractivity contribution in [1.29, 1.82) is 0 Å². The molecule has 3 rings (SSSR count). The van der Waals surface area contributed by atoms with Crippen LogP contribution in [0.2, 0.25) is 36.3 Å². The summed E-state index contributed by atoms with van der Waals surface area (Å²) < 4.78 is 15.1. The van der Waals surface area contributed by atoms with Crippen molar-refractivity contribution in [3.8, 4) is 0 Å². The number of fused-ring (bicyclic) bond motifs is 1. The quantitative estimate of drug-likeness (QED) is 0.543. The van der Waals surface area contributed by atoms with Gasteiger partial charge in [0.25, 0.3) is 0 Å². The SMILES string of the molecule is CC(C)(C)[Si](C)(C)OC[C@@H]1[C@@H](CO[Si](C)(C)C(C)(C)C)[C@H](O)[C@H]1n1cnc2c(N)ncnc21. The molecule has 2 heterocycles. The zero-order valence-electron chi connectivity index (χ0n) is 22.0. The molecule has 0 bridgehead atoms. The Morgan fingerprint density at radius 3 is 1.94 bits per heavy atom. The van der Waals surface area contributed by atoms with Gasteiger partial charge in [-0.3, -0.25) is 0 Å². The third-order valence-electron chi connectivity index (χ3n) is 8.37. The first-order valence-electron chi connectivity index (χ1n) is 11.9. The predicted octanol–water partition coefficient (Wildman–Crippen LogP) is 4.60. The number of nitrogens with zero attached hydrogens (tertiary/aromatic N) is 4. The molecule has 8 nitrogen and oxygen atoms in total. The van der Waals surface area contributed by atoms with Crippen molar-refractivity contribution in [2.24, 2.45) is 11.8 Å². The maximum atomic E-state index is 11.3. The maximum absolute atomic E-state index is 11.3. The monoisotopic (exact) mass is 493 g/mol. The Labute approximate surface area is 200 Å². The van der Waals surface area contributed by atoms with E-state index in [4.69, 9.17) is 14.6 Å². The zero-order valence-corrected chi connectivity index (χ0v) is 24.0. The highest BCUT2D eigenvalue weighted by atomic mass is 28.4. The summed E-state index contributed by atoms with van der Waals surface area (Å²) in [6, 6.07) is -0.193. The second kappa shape index (κ2) is 8.71. The third kappa shape index (κ3) is 4.91. The number of nitrogen functional groups attached to an aromatic ring is 1. The Morgan fingerprint density at radius 2 is 1.42 bits per heavy atom. The van der Waals surface area contributed by atoms with Gasteiger partial charge in [0.05, 0.1) is 18.5 Å². The number of hydrogen-bond acceptors (Lipinski definition) is 7. The standard InChI is InChI=1S/C23H43N5O3Si2/c1-22(2,3)32(7,8)30-11-15-16(12-31-33(9,10)23(4,5)6)19(29)18(15)28-14-27-17-20(24)25-13-26-21(17)28/h13-16,18-19,29H,11-12H2,1-10H3,(H2,24,25,26)/t15-,16-,18+,19+/m1/s1. The fourth-order valence-corrected chi connectivity index (χ4v) is 5.90. The van der Waals surface area contributed by atoms with Gasteiger partial charge in [-0.25, -0.2) is 15.0 Å². The number of imidazole rings is 1. The van der Waals surface area contributed by atoms with E-state index in [2.05, 4.69) is 82.7 Å². The Hall–Kier alpha value is -1.34. The van der Waals surface area contributed by atoms with E-state index >= 15 is 0 Å². The molecular weight excluding hydrogens is 450 g/mol. The maximum Gasteiger partial charge on any atom is 0.191 e. The van der Waals surface area contributed by atoms with E-state index in [1.807, 2.05) is 4.57 Å². The summed E-state index contributed by atoms with van der Waals surface area (Å²) in [5.74, 6) is 0.428. The summed E-state index contributed by atoms with van der Waals surface area (Å²) in [5.41, 5.74) is 7.21. The van der Waals surface area contributed by atoms with E-state index in [1.165, 1.54) is 6.33 Å². The lowest BCUT2D eigenvalue weighted by Gasteiger charge is -2.52. The smallest absolute Gasteiger partial charge is 0.191 e. The first-order valence-corrected chi connectivity index (χ1v) is 17.7. The molecule has 33 heavy (non-hydrogen) atoms. The predicted molar refractivity (Wildman–Crippen MR) is 138 cm³/mol. The topological polar surface area (TPSA) is 108 Å². The van der Waals surface area contributed by atoms with Gasteiger partial charge in [0, 0.05) is 25.0 Å². The van der Waals surface area contributed by atoms with Gasteiger partial charge < -0.3 is 24.3 Å². The van der Waals surface area contributed by atoms with Crippen LogP contribution in [0.1, 0.15) is 47.6 Å². The Bertz CT molecular complexity index is 981. The molecule has 2 aromatic rings. The Balaban J connectivity index is 1.88. The minimum absolute atomic E-state index is 0.00877. The van der Waals surface area contributed by atoms with Gasteiger partial charge in [0.2, 0.25) is 0 Å². The molecule has 2 aromatic heterocycles. The molecule has 186 valence electrons. The molecule has 4 atom stereocenters. The molecule has 1 saturated carbocycles. The Morgan fingerprint density at radius 1 is 0.909 bits per heavy atom. The number of anilines is 1. The second-order valence-electron chi connectivity index (χ2n) is 12.5. The van der Waals surface area contributed by atoms with Crippen LogP contribution >= 0.6 is 0 Å². The second-order valence-corrected chi connectivity index (χ2v) is 22.2. The largest absolute Gasteiger partial charge is 0.416 e. The summed E-state index contributed by atoms with van der Waals surface area (Å²) in [6.45, 7) is 23.6. The number of rotatable bonds is 7. The van der Waals surface area contributed by atoms with E-state index in [0.29, 0.717) is 30.2 Å². The number of nitrogens with two attached hydrogens (primary N) is 1. The first-order chi connectivity index (χ1) is 15.0. The fourth-order valence-electron chi connectivity index (χ4n) is 3.81. The molecule has 1 fully saturated rings. The van der Waals surface area contributed by atoms with Gasteiger partial charge in [-0.2, -0.15) is 0 Å². The van der Waals surface area contributed by atoms with E-state index in [0.717, 1.165) is 0 Å². The summed E-state index contributed by atoms with van der Waals surface area (Å²) >= 11 is 0. The molecule has 1 aliphatic carbocycles. The van der Waals surface area contributed by atoms with Crippen molar-refractivity contribution in [3.63, 3.8) is 0 Å². The van der Waals surface area contributed by atoms with Gasteiger partial charge in [-0.05, 0) is 36.3 Å². The van der Waals surface area contributed by atoms with Crippen LogP contribution in [0.3, 0.4) is 0 Å². The molecule has 1 aliphatic rings. The number of aromatic nitrogens is 4. The van der Waals surface area contributed by atoms with Gasteiger partial charge in [-0.1, -0.05) is 41.5 Å². The molecule has 0 aromatic carbocycles. The van der Waals surface area contributed by atoms with Gasteiger partial charge in [0.1, 0.15) is 11.8 Å². The Kier molecular flexibility index (Phi) is 6.93. The van der Waals surface area contributed by atoms with Gasteiger partial charge in [-0.15, -0.1) is 0 Å². The summed E-state index contributed by atoms with van der Waals surface area (Å²) in [4.78, 5) is 12.9. The number of hydrogen-bond donors (Lipinski definition) is 2. The normalized spacial score (nSPS) is 24.8. The molecule has 0 spiro atoms. The van der Waals surface area contributed by atoms with Crippen molar-refractivity contribution in [2.45, 2.75) is 90.0 Å². The van der Waals surface area contributed by atoms with E-state index < -0.39 is 22.7 Å². The minimum atomic E-state index is -1.95. The van der Waals surface area contributed by atoms with Crippen LogP contribution in [0, 0.1) is 11.8 Å². The highest BCUT2D eigenvalue weighted by Gasteiger charge is 2.53. The van der Waals surface area contributed by atoms with E-state index in [-0.39, 0.29) is 28.0 Å². The van der Waals surface area contributed by atoms with Crippen LogP contribution in [0.4, 0.5) is 5.82 Å². The van der Waals surface area contributed by atoms with Gasteiger partial charge in [0.15, 0.2) is 28.1 Å². The first kappa shape index (κ1) is 26.3. The highest BCUT2D eigenvalue weighted by molar-refractivity contribution is 6.74. The van der Waals surface area contributed by atoms with Gasteiger partial charge >= 0.3 is 0 Å². The zero-order chi connectivity index (χ0) is 25.0. The molecular formula is C23H43N5O3Si2. The fraction of sp³-hybridized carbons (Fsp3) is 0.783. The highest BCUT2D eigenvalue weighted by Crippen LogP contribution is 2.48. The molecule has 10 heteroatoms. The lowest BCUT2D eigenvalue weighted by Crippen LogP contribution is -2.58. The minimum Gasteiger partial charge on any atom is -0.416 e. The van der Waals surface area contributed by atoms with E-state index in [1.54, 1.807) is 6.33 Å². The summed E-state index contributed by atoms with van der Waals surface area (Å²) in [7, 11) is -3.89. The molecule has 0 saturated heterocycles. The van der Waals surface area contributed by atoms with Crippen molar-refractivity contribution in [3.05, 3.63) is 12.7 Å². The van der Waals surface area contributed by atoms with Crippen molar-refractivity contribution >= 4 is 33.6 Å². The number of aliphatic hydroxyl groups excluding tert-OH is 1. The van der Waals surface area contributed by atoms with Crippen LogP contribution in [-0.4, -0.2) is 60.6 Å². The van der Waals surface area contributed by atoms with Crippen LogP contribution < -0.4 is 5.73 Å². The lowest BCUT2D eigenvalue weighted by molar-refractivity contribution is -0.122. The molecule has 0 radical (unpaired) electrons. The lowest BCUT2D eigenvalue weighted by atomic mass is 9.67. The average Bonchev–Trinajstić information content (AvgIpc) is 3.08.